The molecule has 1 saturated heterocycles. The zero-order valence-electron chi connectivity index (χ0n) is 17.8. The Bertz CT molecular complexity index is 850. The lowest BCUT2D eigenvalue weighted by atomic mass is 9.74. The van der Waals surface area contributed by atoms with E-state index < -0.39 is 5.41 Å². The summed E-state index contributed by atoms with van der Waals surface area (Å²) in [5.41, 5.74) is 2.46. The van der Waals surface area contributed by atoms with Gasteiger partial charge in [-0.2, -0.15) is 0 Å². The van der Waals surface area contributed by atoms with E-state index in [1.165, 1.54) is 5.56 Å². The first kappa shape index (κ1) is 21.8. The lowest BCUT2D eigenvalue weighted by Gasteiger charge is -2.40. The van der Waals surface area contributed by atoms with Crippen LogP contribution in [0.2, 0.25) is 0 Å². The van der Waals surface area contributed by atoms with Gasteiger partial charge in [0.15, 0.2) is 0 Å². The van der Waals surface area contributed by atoms with Crippen LogP contribution in [0.4, 0.5) is 0 Å². The quantitative estimate of drug-likeness (QED) is 0.572. The van der Waals surface area contributed by atoms with Gasteiger partial charge >= 0.3 is 5.97 Å². The number of carbonyl (C=O) groups excluding carboxylic acids is 2. The van der Waals surface area contributed by atoms with Crippen molar-refractivity contribution in [3.8, 4) is 0 Å². The van der Waals surface area contributed by atoms with Crippen LogP contribution in [0.3, 0.4) is 0 Å². The summed E-state index contributed by atoms with van der Waals surface area (Å²) in [7, 11) is 0. The molecule has 3 rings (SSSR count). The monoisotopic (exact) mass is 405 g/mol. The van der Waals surface area contributed by atoms with E-state index >= 15 is 0 Å². The third-order valence-electron chi connectivity index (χ3n) is 6.07. The van der Waals surface area contributed by atoms with Gasteiger partial charge in [0.2, 0.25) is 0 Å². The van der Waals surface area contributed by atoms with E-state index in [2.05, 4.69) is 18.7 Å². The van der Waals surface area contributed by atoms with E-state index in [0.29, 0.717) is 38.1 Å². The summed E-state index contributed by atoms with van der Waals surface area (Å²) < 4.78 is 5.44. The van der Waals surface area contributed by atoms with Crippen LogP contribution in [0.5, 0.6) is 0 Å². The fourth-order valence-corrected chi connectivity index (χ4v) is 4.20. The zero-order valence-corrected chi connectivity index (χ0v) is 17.8. The SMILES string of the molecule is C=Cc1ccc(C(=O)N2CCC(CCCc3ccccc3)(C(=O)OCC)CC2)cc1. The molecule has 0 aromatic heterocycles. The molecule has 1 amide bonds. The molecule has 2 aromatic rings. The minimum atomic E-state index is -0.492. The molecule has 0 aliphatic carbocycles. The van der Waals surface area contributed by atoms with Crippen molar-refractivity contribution in [1.29, 1.82) is 0 Å². The Kier molecular flexibility index (Phi) is 7.45. The van der Waals surface area contributed by atoms with Crippen LogP contribution in [0, 0.1) is 5.41 Å². The second kappa shape index (κ2) is 10.2. The molecule has 0 spiro atoms. The lowest BCUT2D eigenvalue weighted by molar-refractivity contribution is -0.159. The number of benzene rings is 2. The predicted molar refractivity (Wildman–Crippen MR) is 120 cm³/mol. The maximum Gasteiger partial charge on any atom is 0.312 e. The van der Waals surface area contributed by atoms with Crippen molar-refractivity contribution in [3.63, 3.8) is 0 Å². The van der Waals surface area contributed by atoms with Crippen LogP contribution in [-0.4, -0.2) is 36.5 Å². The van der Waals surface area contributed by atoms with Crippen molar-refractivity contribution in [3.05, 3.63) is 77.9 Å². The first-order valence-electron chi connectivity index (χ1n) is 10.8. The van der Waals surface area contributed by atoms with Crippen LogP contribution < -0.4 is 0 Å². The minimum absolute atomic E-state index is 0.0207. The Hall–Kier alpha value is -2.88. The number of carbonyl (C=O) groups is 2. The first-order chi connectivity index (χ1) is 14.6. The molecule has 0 atom stereocenters. The average molecular weight is 406 g/mol. The van der Waals surface area contributed by atoms with Gasteiger partial charge in [-0.25, -0.2) is 0 Å². The van der Waals surface area contributed by atoms with Crippen molar-refractivity contribution in [1.82, 2.24) is 4.90 Å². The van der Waals surface area contributed by atoms with Gasteiger partial charge in [0, 0.05) is 18.7 Å². The van der Waals surface area contributed by atoms with Crippen LogP contribution in [0.25, 0.3) is 6.08 Å². The summed E-state index contributed by atoms with van der Waals surface area (Å²) in [6.07, 6.45) is 5.73. The van der Waals surface area contributed by atoms with E-state index in [4.69, 9.17) is 4.74 Å². The molecule has 0 N–H and O–H groups in total. The second-order valence-electron chi connectivity index (χ2n) is 7.96. The molecule has 2 aromatic carbocycles. The molecule has 30 heavy (non-hydrogen) atoms. The molecule has 0 bridgehead atoms. The number of esters is 1. The van der Waals surface area contributed by atoms with Crippen LogP contribution in [-0.2, 0) is 16.0 Å². The number of nitrogens with zero attached hydrogens (tertiary/aromatic N) is 1. The molecular formula is C26H31NO3. The molecule has 4 heteroatoms. The van der Waals surface area contributed by atoms with Gasteiger partial charge in [0.25, 0.3) is 5.91 Å². The molecule has 1 aliphatic rings. The summed E-state index contributed by atoms with van der Waals surface area (Å²) in [6.45, 7) is 7.13. The summed E-state index contributed by atoms with van der Waals surface area (Å²) in [6, 6.07) is 17.8. The van der Waals surface area contributed by atoms with Gasteiger partial charge in [-0.3, -0.25) is 9.59 Å². The van der Waals surface area contributed by atoms with Gasteiger partial charge in [-0.15, -0.1) is 0 Å². The lowest BCUT2D eigenvalue weighted by Crippen LogP contribution is -2.47. The third-order valence-corrected chi connectivity index (χ3v) is 6.07. The molecule has 1 aliphatic heterocycles. The van der Waals surface area contributed by atoms with Crippen molar-refractivity contribution in [2.45, 2.75) is 39.0 Å². The number of ether oxygens (including phenoxy) is 1. The highest BCUT2D eigenvalue weighted by Gasteiger charge is 2.43. The highest BCUT2D eigenvalue weighted by atomic mass is 16.5. The first-order valence-corrected chi connectivity index (χ1v) is 10.8. The molecule has 158 valence electrons. The fourth-order valence-electron chi connectivity index (χ4n) is 4.20. The van der Waals surface area contributed by atoms with Crippen molar-refractivity contribution in [2.75, 3.05) is 19.7 Å². The maximum absolute atomic E-state index is 12.9. The number of aryl methyl sites for hydroxylation is 1. The van der Waals surface area contributed by atoms with Crippen molar-refractivity contribution < 1.29 is 14.3 Å². The Morgan fingerprint density at radius 3 is 2.33 bits per heavy atom. The summed E-state index contributed by atoms with van der Waals surface area (Å²) in [5.74, 6) is -0.0900. The topological polar surface area (TPSA) is 46.6 Å². The van der Waals surface area contributed by atoms with Gasteiger partial charge in [0.05, 0.1) is 12.0 Å². The number of amides is 1. The van der Waals surface area contributed by atoms with E-state index in [1.54, 1.807) is 6.08 Å². The second-order valence-corrected chi connectivity index (χ2v) is 7.96. The van der Waals surface area contributed by atoms with E-state index in [-0.39, 0.29) is 11.9 Å². The van der Waals surface area contributed by atoms with E-state index in [0.717, 1.165) is 24.8 Å². The molecule has 1 fully saturated rings. The fraction of sp³-hybridized carbons (Fsp3) is 0.385. The summed E-state index contributed by atoms with van der Waals surface area (Å²) in [5, 5.41) is 0. The van der Waals surface area contributed by atoms with E-state index in [1.807, 2.05) is 54.3 Å². The molecular weight excluding hydrogens is 374 g/mol. The van der Waals surface area contributed by atoms with Crippen LogP contribution in [0.15, 0.2) is 61.2 Å². The molecule has 4 nitrogen and oxygen atoms in total. The van der Waals surface area contributed by atoms with E-state index in [9.17, 15) is 9.59 Å². The van der Waals surface area contributed by atoms with Gasteiger partial charge in [-0.05, 0) is 62.3 Å². The zero-order chi connectivity index (χ0) is 21.4. The number of hydrogen-bond donors (Lipinski definition) is 0. The highest BCUT2D eigenvalue weighted by Crippen LogP contribution is 2.38. The normalized spacial score (nSPS) is 15.4. The summed E-state index contributed by atoms with van der Waals surface area (Å²) >= 11 is 0. The van der Waals surface area contributed by atoms with Crippen molar-refractivity contribution in [2.24, 2.45) is 5.41 Å². The van der Waals surface area contributed by atoms with Crippen molar-refractivity contribution >= 4 is 18.0 Å². The molecule has 0 unspecified atom stereocenters. The average Bonchev–Trinajstić information content (AvgIpc) is 2.80. The largest absolute Gasteiger partial charge is 0.466 e. The Labute approximate surface area is 179 Å². The molecule has 0 radical (unpaired) electrons. The number of rotatable bonds is 8. The summed E-state index contributed by atoms with van der Waals surface area (Å²) in [4.78, 5) is 27.6. The number of likely N-dealkylation sites (tertiary alicyclic amines) is 1. The van der Waals surface area contributed by atoms with Gasteiger partial charge < -0.3 is 9.64 Å². The Morgan fingerprint density at radius 2 is 1.73 bits per heavy atom. The predicted octanol–water partition coefficient (Wildman–Crippen LogP) is 5.14. The highest BCUT2D eigenvalue weighted by molar-refractivity contribution is 5.94. The minimum Gasteiger partial charge on any atom is -0.466 e. The van der Waals surface area contributed by atoms with Gasteiger partial charge in [-0.1, -0.05) is 55.1 Å². The maximum atomic E-state index is 12.9. The molecule has 1 heterocycles. The van der Waals surface area contributed by atoms with Crippen LogP contribution >= 0.6 is 0 Å². The Balaban J connectivity index is 1.63. The Morgan fingerprint density at radius 1 is 1.07 bits per heavy atom. The third kappa shape index (κ3) is 5.18. The van der Waals surface area contributed by atoms with Crippen LogP contribution in [0.1, 0.15) is 54.1 Å². The van der Waals surface area contributed by atoms with Gasteiger partial charge in [0.1, 0.15) is 0 Å². The number of hydrogen-bond acceptors (Lipinski definition) is 3. The standard InChI is InChI=1S/C26H31NO3/c1-3-21-12-14-23(15-13-21)24(28)27-19-17-26(18-20-27,25(29)30-4-2)16-8-11-22-9-6-5-7-10-22/h3,5-7,9-10,12-15H,1,4,8,11,16-20H2,2H3. The molecule has 0 saturated carbocycles. The number of piperidine rings is 1. The smallest absolute Gasteiger partial charge is 0.312 e.